The fraction of sp³-hybridized carbons (Fsp3) is 0.417. The van der Waals surface area contributed by atoms with E-state index in [4.69, 9.17) is 0 Å². The van der Waals surface area contributed by atoms with Gasteiger partial charge in [-0.25, -0.2) is 4.79 Å². The van der Waals surface area contributed by atoms with E-state index in [9.17, 15) is 4.79 Å². The van der Waals surface area contributed by atoms with Gasteiger partial charge in [0.15, 0.2) is 0 Å². The lowest BCUT2D eigenvalue weighted by Crippen LogP contribution is -2.36. The lowest BCUT2D eigenvalue weighted by atomic mass is 10.1. The Morgan fingerprint density at radius 2 is 2.13 bits per heavy atom. The summed E-state index contributed by atoms with van der Waals surface area (Å²) in [6.45, 7) is 2.65. The summed E-state index contributed by atoms with van der Waals surface area (Å²) >= 11 is 0. The summed E-state index contributed by atoms with van der Waals surface area (Å²) in [5.41, 5.74) is 2.38. The molecule has 0 radical (unpaired) electrons. The Kier molecular flexibility index (Phi) is 2.90. The maximum atomic E-state index is 11.4. The average Bonchev–Trinajstić information content (AvgIpc) is 3.00. The van der Waals surface area contributed by atoms with Crippen molar-refractivity contribution in [3.05, 3.63) is 35.4 Å². The van der Waals surface area contributed by atoms with E-state index < -0.39 is 0 Å². The molecule has 1 aliphatic rings. The van der Waals surface area contributed by atoms with Crippen molar-refractivity contribution in [1.82, 2.24) is 10.6 Å². The Labute approximate surface area is 89.9 Å². The number of amides is 2. The van der Waals surface area contributed by atoms with Crippen LogP contribution in [0.5, 0.6) is 0 Å². The van der Waals surface area contributed by atoms with Crippen LogP contribution in [0.25, 0.3) is 0 Å². The van der Waals surface area contributed by atoms with Gasteiger partial charge in [0.05, 0.1) is 0 Å². The Balaban J connectivity index is 1.81. The molecule has 1 fully saturated rings. The zero-order valence-corrected chi connectivity index (χ0v) is 8.92. The van der Waals surface area contributed by atoms with Gasteiger partial charge in [0.2, 0.25) is 0 Å². The molecule has 0 bridgehead atoms. The summed E-state index contributed by atoms with van der Waals surface area (Å²) in [7, 11) is 0. The van der Waals surface area contributed by atoms with Crippen molar-refractivity contribution < 1.29 is 4.79 Å². The van der Waals surface area contributed by atoms with Crippen molar-refractivity contribution in [3.63, 3.8) is 0 Å². The smallest absolute Gasteiger partial charge is 0.315 e. The number of aryl methyl sites for hydroxylation is 1. The Bertz CT molecular complexity index is 358. The monoisotopic (exact) mass is 204 g/mol. The van der Waals surface area contributed by atoms with E-state index in [2.05, 4.69) is 23.6 Å². The van der Waals surface area contributed by atoms with Crippen LogP contribution in [0.3, 0.4) is 0 Å². The Hall–Kier alpha value is -1.51. The quantitative estimate of drug-likeness (QED) is 0.776. The Morgan fingerprint density at radius 1 is 1.40 bits per heavy atom. The predicted octanol–water partition coefficient (Wildman–Crippen LogP) is 1.96. The van der Waals surface area contributed by atoms with Crippen molar-refractivity contribution in [2.75, 3.05) is 0 Å². The first-order valence-corrected chi connectivity index (χ1v) is 5.34. The molecule has 3 heteroatoms. The van der Waals surface area contributed by atoms with Crippen LogP contribution in [0.4, 0.5) is 4.79 Å². The normalized spacial score (nSPS) is 14.7. The molecule has 2 rings (SSSR count). The minimum atomic E-state index is -0.0549. The van der Waals surface area contributed by atoms with E-state index >= 15 is 0 Å². The number of hydrogen-bond acceptors (Lipinski definition) is 1. The van der Waals surface area contributed by atoms with Crippen LogP contribution < -0.4 is 10.6 Å². The molecule has 1 saturated carbocycles. The van der Waals surface area contributed by atoms with Gasteiger partial charge in [-0.15, -0.1) is 0 Å². The summed E-state index contributed by atoms with van der Waals surface area (Å²) in [5.74, 6) is 0. The Morgan fingerprint density at radius 3 is 2.80 bits per heavy atom. The third kappa shape index (κ3) is 2.98. The number of urea groups is 1. The second-order valence-electron chi connectivity index (χ2n) is 4.03. The van der Waals surface area contributed by atoms with Crippen LogP contribution in [0, 0.1) is 6.92 Å². The SMILES string of the molecule is Cc1ccccc1CNC(=O)NC1CC1. The molecule has 0 saturated heterocycles. The molecule has 1 aromatic carbocycles. The number of carbonyl (C=O) groups is 1. The largest absolute Gasteiger partial charge is 0.335 e. The van der Waals surface area contributed by atoms with Gasteiger partial charge in [0, 0.05) is 12.6 Å². The molecular formula is C12H16N2O. The molecule has 1 aliphatic carbocycles. The molecule has 1 aromatic rings. The van der Waals surface area contributed by atoms with Crippen LogP contribution in [-0.4, -0.2) is 12.1 Å². The molecule has 0 aromatic heterocycles. The average molecular weight is 204 g/mol. The third-order valence-corrected chi connectivity index (χ3v) is 2.61. The standard InChI is InChI=1S/C12H16N2O/c1-9-4-2-3-5-10(9)8-13-12(15)14-11-6-7-11/h2-5,11H,6-8H2,1H3,(H2,13,14,15). The lowest BCUT2D eigenvalue weighted by molar-refractivity contribution is 0.240. The molecule has 80 valence electrons. The number of carbonyl (C=O) groups excluding carboxylic acids is 1. The zero-order valence-electron chi connectivity index (χ0n) is 8.92. The van der Waals surface area contributed by atoms with Gasteiger partial charge in [0.1, 0.15) is 0 Å². The molecule has 0 aliphatic heterocycles. The van der Waals surface area contributed by atoms with Gasteiger partial charge >= 0.3 is 6.03 Å². The van der Waals surface area contributed by atoms with Crippen molar-refractivity contribution in [3.8, 4) is 0 Å². The highest BCUT2D eigenvalue weighted by atomic mass is 16.2. The molecule has 0 heterocycles. The molecule has 3 nitrogen and oxygen atoms in total. The number of nitrogens with one attached hydrogen (secondary N) is 2. The van der Waals surface area contributed by atoms with E-state index in [-0.39, 0.29) is 6.03 Å². The van der Waals surface area contributed by atoms with Gasteiger partial charge in [-0.2, -0.15) is 0 Å². The molecule has 0 spiro atoms. The van der Waals surface area contributed by atoms with Crippen LogP contribution in [-0.2, 0) is 6.54 Å². The maximum absolute atomic E-state index is 11.4. The van der Waals surface area contributed by atoms with Crippen LogP contribution >= 0.6 is 0 Å². The van der Waals surface area contributed by atoms with Crippen molar-refractivity contribution in [2.45, 2.75) is 32.4 Å². The van der Waals surface area contributed by atoms with Crippen LogP contribution in [0.1, 0.15) is 24.0 Å². The van der Waals surface area contributed by atoms with E-state index in [0.717, 1.165) is 12.8 Å². The van der Waals surface area contributed by atoms with Crippen molar-refractivity contribution in [2.24, 2.45) is 0 Å². The van der Waals surface area contributed by atoms with E-state index in [1.807, 2.05) is 18.2 Å². The van der Waals surface area contributed by atoms with Gasteiger partial charge in [0.25, 0.3) is 0 Å². The second-order valence-corrected chi connectivity index (χ2v) is 4.03. The van der Waals surface area contributed by atoms with Crippen LogP contribution in [0.2, 0.25) is 0 Å². The fourth-order valence-corrected chi connectivity index (χ4v) is 1.45. The highest BCUT2D eigenvalue weighted by Crippen LogP contribution is 2.18. The van der Waals surface area contributed by atoms with E-state index in [1.165, 1.54) is 11.1 Å². The summed E-state index contributed by atoms with van der Waals surface area (Å²) in [5, 5.41) is 5.75. The van der Waals surface area contributed by atoms with Gasteiger partial charge in [-0.3, -0.25) is 0 Å². The molecule has 2 amide bonds. The molecule has 0 atom stereocenters. The summed E-state index contributed by atoms with van der Waals surface area (Å²) in [6.07, 6.45) is 2.25. The third-order valence-electron chi connectivity index (χ3n) is 2.61. The van der Waals surface area contributed by atoms with Crippen LogP contribution in [0.15, 0.2) is 24.3 Å². The summed E-state index contributed by atoms with van der Waals surface area (Å²) in [4.78, 5) is 11.4. The highest BCUT2D eigenvalue weighted by molar-refractivity contribution is 5.74. The van der Waals surface area contributed by atoms with Crippen molar-refractivity contribution in [1.29, 1.82) is 0 Å². The molecule has 15 heavy (non-hydrogen) atoms. The first-order chi connectivity index (χ1) is 7.25. The topological polar surface area (TPSA) is 41.1 Å². The molecular weight excluding hydrogens is 188 g/mol. The van der Waals surface area contributed by atoms with Gasteiger partial charge < -0.3 is 10.6 Å². The minimum Gasteiger partial charge on any atom is -0.335 e. The minimum absolute atomic E-state index is 0.0549. The lowest BCUT2D eigenvalue weighted by Gasteiger charge is -2.08. The molecule has 0 unspecified atom stereocenters. The summed E-state index contributed by atoms with van der Waals surface area (Å²) < 4.78 is 0. The van der Waals surface area contributed by atoms with Gasteiger partial charge in [-0.05, 0) is 30.9 Å². The number of hydrogen-bond donors (Lipinski definition) is 2. The first-order valence-electron chi connectivity index (χ1n) is 5.34. The van der Waals surface area contributed by atoms with Gasteiger partial charge in [-0.1, -0.05) is 24.3 Å². The summed E-state index contributed by atoms with van der Waals surface area (Å²) in [6, 6.07) is 8.44. The number of rotatable bonds is 3. The van der Waals surface area contributed by atoms with E-state index in [1.54, 1.807) is 0 Å². The van der Waals surface area contributed by atoms with Crippen molar-refractivity contribution >= 4 is 6.03 Å². The molecule has 2 N–H and O–H groups in total. The highest BCUT2D eigenvalue weighted by Gasteiger charge is 2.22. The maximum Gasteiger partial charge on any atom is 0.315 e. The first kappa shape index (κ1) is 10.0. The second kappa shape index (κ2) is 4.34. The zero-order chi connectivity index (χ0) is 10.7. The van der Waals surface area contributed by atoms with E-state index in [0.29, 0.717) is 12.6 Å². The fourth-order valence-electron chi connectivity index (χ4n) is 1.45. The number of benzene rings is 1. The predicted molar refractivity (Wildman–Crippen MR) is 59.6 cm³/mol.